The molecule has 4 aromatic rings. The molecule has 33 heavy (non-hydrogen) atoms. The quantitative estimate of drug-likeness (QED) is 0.267. The van der Waals surface area contributed by atoms with Gasteiger partial charge in [0.15, 0.2) is 5.82 Å². The van der Waals surface area contributed by atoms with E-state index in [0.717, 1.165) is 0 Å². The fraction of sp³-hybridized carbons (Fsp3) is 0.0909. The SMILES string of the molecule is O=C(Nc1ccccc1OC(F)F)Nc1n[nH]c2cc(OCc3ccc(Br)cc3F)ccc12. The van der Waals surface area contributed by atoms with E-state index in [-0.39, 0.29) is 29.7 Å². The Morgan fingerprint density at radius 3 is 2.70 bits per heavy atom. The molecule has 0 fully saturated rings. The molecule has 0 aliphatic heterocycles. The van der Waals surface area contributed by atoms with Gasteiger partial charge >= 0.3 is 12.6 Å². The number of anilines is 2. The molecule has 2 amide bonds. The number of ether oxygens (including phenoxy) is 2. The van der Waals surface area contributed by atoms with E-state index in [1.165, 1.54) is 24.3 Å². The normalized spacial score (nSPS) is 10.9. The van der Waals surface area contributed by atoms with Crippen molar-refractivity contribution in [3.8, 4) is 11.5 Å². The summed E-state index contributed by atoms with van der Waals surface area (Å²) in [5.41, 5.74) is 1.05. The third kappa shape index (κ3) is 5.55. The molecule has 3 aromatic carbocycles. The third-order valence-electron chi connectivity index (χ3n) is 4.53. The molecule has 7 nitrogen and oxygen atoms in total. The Labute approximate surface area is 194 Å². The van der Waals surface area contributed by atoms with Crippen LogP contribution in [-0.4, -0.2) is 22.8 Å². The topological polar surface area (TPSA) is 88.3 Å². The molecule has 170 valence electrons. The lowest BCUT2D eigenvalue weighted by Crippen LogP contribution is -2.20. The van der Waals surface area contributed by atoms with Crippen molar-refractivity contribution in [1.29, 1.82) is 0 Å². The van der Waals surface area contributed by atoms with E-state index in [1.54, 1.807) is 36.4 Å². The molecular formula is C22H16BrF3N4O3. The van der Waals surface area contributed by atoms with Crippen LogP contribution in [0.5, 0.6) is 11.5 Å². The average molecular weight is 521 g/mol. The first-order valence-corrected chi connectivity index (χ1v) is 10.3. The summed E-state index contributed by atoms with van der Waals surface area (Å²) in [6, 6.07) is 14.8. The average Bonchev–Trinajstić information content (AvgIpc) is 3.16. The highest BCUT2D eigenvalue weighted by molar-refractivity contribution is 9.10. The van der Waals surface area contributed by atoms with Crippen LogP contribution in [0, 0.1) is 5.82 Å². The molecule has 3 N–H and O–H groups in total. The predicted octanol–water partition coefficient (Wildman–Crippen LogP) is 6.29. The Hall–Kier alpha value is -3.73. The summed E-state index contributed by atoms with van der Waals surface area (Å²) in [6.07, 6.45) is 0. The number of halogens is 4. The number of para-hydroxylation sites is 2. The van der Waals surface area contributed by atoms with Gasteiger partial charge in [-0.2, -0.15) is 13.9 Å². The van der Waals surface area contributed by atoms with Gasteiger partial charge in [-0.25, -0.2) is 9.18 Å². The largest absolute Gasteiger partial charge is 0.489 e. The van der Waals surface area contributed by atoms with E-state index in [4.69, 9.17) is 4.74 Å². The van der Waals surface area contributed by atoms with Gasteiger partial charge in [0.2, 0.25) is 0 Å². The number of urea groups is 1. The molecule has 0 aliphatic carbocycles. The molecule has 0 atom stereocenters. The number of aromatic nitrogens is 2. The van der Waals surface area contributed by atoms with Gasteiger partial charge < -0.3 is 14.8 Å². The molecule has 0 saturated heterocycles. The minimum absolute atomic E-state index is 0.0341. The summed E-state index contributed by atoms with van der Waals surface area (Å²) < 4.78 is 49.7. The van der Waals surface area contributed by atoms with Crippen molar-refractivity contribution in [2.75, 3.05) is 10.6 Å². The van der Waals surface area contributed by atoms with Crippen molar-refractivity contribution >= 4 is 44.4 Å². The van der Waals surface area contributed by atoms with Crippen molar-refractivity contribution in [3.05, 3.63) is 76.5 Å². The van der Waals surface area contributed by atoms with E-state index in [0.29, 0.717) is 26.7 Å². The maximum Gasteiger partial charge on any atom is 0.387 e. The van der Waals surface area contributed by atoms with Crippen LogP contribution < -0.4 is 20.1 Å². The summed E-state index contributed by atoms with van der Waals surface area (Å²) in [4.78, 5) is 12.4. The second kappa shape index (κ2) is 9.82. The molecule has 4 rings (SSSR count). The second-order valence-electron chi connectivity index (χ2n) is 6.76. The van der Waals surface area contributed by atoms with Crippen LogP contribution >= 0.6 is 15.9 Å². The van der Waals surface area contributed by atoms with Crippen LogP contribution in [0.2, 0.25) is 0 Å². The van der Waals surface area contributed by atoms with E-state index >= 15 is 0 Å². The van der Waals surface area contributed by atoms with Crippen molar-refractivity contribution < 1.29 is 27.4 Å². The van der Waals surface area contributed by atoms with Crippen molar-refractivity contribution in [3.63, 3.8) is 0 Å². The van der Waals surface area contributed by atoms with E-state index in [2.05, 4.69) is 41.5 Å². The van der Waals surface area contributed by atoms with Crippen molar-refractivity contribution in [1.82, 2.24) is 10.2 Å². The molecular weight excluding hydrogens is 505 g/mol. The van der Waals surface area contributed by atoms with Crippen LogP contribution in [-0.2, 0) is 6.61 Å². The lowest BCUT2D eigenvalue weighted by Gasteiger charge is -2.11. The molecule has 0 saturated carbocycles. The van der Waals surface area contributed by atoms with Crippen LogP contribution in [0.3, 0.4) is 0 Å². The molecule has 11 heteroatoms. The van der Waals surface area contributed by atoms with Gasteiger partial charge in [0.05, 0.1) is 11.2 Å². The first kappa shape index (κ1) is 22.5. The number of aromatic amines is 1. The van der Waals surface area contributed by atoms with Crippen LogP contribution in [0.15, 0.2) is 65.1 Å². The number of alkyl halides is 2. The Bertz CT molecular complexity index is 1300. The first-order chi connectivity index (χ1) is 15.9. The zero-order valence-corrected chi connectivity index (χ0v) is 18.3. The van der Waals surface area contributed by atoms with Gasteiger partial charge in [-0.3, -0.25) is 10.4 Å². The maximum atomic E-state index is 14.0. The number of fused-ring (bicyclic) bond motifs is 1. The minimum atomic E-state index is -3.03. The number of carbonyl (C=O) groups excluding carboxylic acids is 1. The summed E-state index contributed by atoms with van der Waals surface area (Å²) >= 11 is 3.21. The molecule has 0 bridgehead atoms. The Kier molecular flexibility index (Phi) is 6.68. The zero-order chi connectivity index (χ0) is 23.4. The number of benzene rings is 3. The number of H-pyrrole nitrogens is 1. The highest BCUT2D eigenvalue weighted by atomic mass is 79.9. The molecule has 0 spiro atoms. The maximum absolute atomic E-state index is 14.0. The molecule has 0 unspecified atom stereocenters. The number of hydrogen-bond acceptors (Lipinski definition) is 4. The Balaban J connectivity index is 1.43. The number of rotatable bonds is 7. The Morgan fingerprint density at radius 2 is 1.91 bits per heavy atom. The fourth-order valence-electron chi connectivity index (χ4n) is 3.01. The minimum Gasteiger partial charge on any atom is -0.489 e. The Morgan fingerprint density at radius 1 is 1.09 bits per heavy atom. The number of carbonyl (C=O) groups is 1. The molecule has 0 aliphatic rings. The van der Waals surface area contributed by atoms with Gasteiger partial charge in [0.1, 0.15) is 23.9 Å². The molecule has 1 aromatic heterocycles. The number of nitrogens with one attached hydrogen (secondary N) is 3. The van der Waals surface area contributed by atoms with Crippen molar-refractivity contribution in [2.45, 2.75) is 13.2 Å². The summed E-state index contributed by atoms with van der Waals surface area (Å²) in [5.74, 6) is 0.145. The fourth-order valence-corrected chi connectivity index (χ4v) is 3.35. The van der Waals surface area contributed by atoms with Crippen molar-refractivity contribution in [2.24, 2.45) is 0 Å². The standard InChI is InChI=1S/C22H16BrF3N4O3/c23-13-6-5-12(16(24)9-13)11-32-14-7-8-15-18(10-14)29-30-20(15)28-22(31)27-17-3-1-2-4-19(17)33-21(25)26/h1-10,21H,11H2,(H3,27,28,29,30,31). The molecule has 0 radical (unpaired) electrons. The van der Waals surface area contributed by atoms with E-state index < -0.39 is 12.6 Å². The van der Waals surface area contributed by atoms with Gasteiger partial charge in [0, 0.05) is 21.5 Å². The third-order valence-corrected chi connectivity index (χ3v) is 5.02. The monoisotopic (exact) mass is 520 g/mol. The zero-order valence-electron chi connectivity index (χ0n) is 16.7. The van der Waals surface area contributed by atoms with Crippen LogP contribution in [0.4, 0.5) is 29.5 Å². The second-order valence-corrected chi connectivity index (χ2v) is 7.67. The lowest BCUT2D eigenvalue weighted by molar-refractivity contribution is -0.0493. The van der Waals surface area contributed by atoms with Gasteiger partial charge in [-0.05, 0) is 36.4 Å². The van der Waals surface area contributed by atoms with Gasteiger partial charge in [-0.1, -0.05) is 34.1 Å². The van der Waals surface area contributed by atoms with Gasteiger partial charge in [-0.15, -0.1) is 0 Å². The smallest absolute Gasteiger partial charge is 0.387 e. The predicted molar refractivity (Wildman–Crippen MR) is 120 cm³/mol. The summed E-state index contributed by atoms with van der Waals surface area (Å²) in [6.45, 7) is -2.99. The van der Waals surface area contributed by atoms with Crippen LogP contribution in [0.1, 0.15) is 5.56 Å². The summed E-state index contributed by atoms with van der Waals surface area (Å²) in [7, 11) is 0. The highest BCUT2D eigenvalue weighted by Crippen LogP contribution is 2.28. The van der Waals surface area contributed by atoms with Gasteiger partial charge in [0.25, 0.3) is 0 Å². The number of nitrogens with zero attached hydrogens (tertiary/aromatic N) is 1. The first-order valence-electron chi connectivity index (χ1n) is 9.56. The van der Waals surface area contributed by atoms with E-state index in [9.17, 15) is 18.0 Å². The molecule has 1 heterocycles. The van der Waals surface area contributed by atoms with E-state index in [1.807, 2.05) is 0 Å². The number of hydrogen-bond donors (Lipinski definition) is 3. The van der Waals surface area contributed by atoms with Crippen LogP contribution in [0.25, 0.3) is 10.9 Å². The number of amides is 2. The highest BCUT2D eigenvalue weighted by Gasteiger charge is 2.14. The lowest BCUT2D eigenvalue weighted by atomic mass is 10.2. The summed E-state index contributed by atoms with van der Waals surface area (Å²) in [5, 5.41) is 12.4.